The van der Waals surface area contributed by atoms with Crippen LogP contribution >= 0.6 is 0 Å². The van der Waals surface area contributed by atoms with Gasteiger partial charge in [-0.1, -0.05) is 54.6 Å². The number of fused-ring (bicyclic) bond motifs is 4. The summed E-state index contributed by atoms with van der Waals surface area (Å²) in [4.78, 5) is 41.7. The molecule has 6 nitrogen and oxygen atoms in total. The number of hydrogen-bond donors (Lipinski definition) is 1. The zero-order chi connectivity index (χ0) is 20.7. The monoisotopic (exact) mass is 397 g/mol. The molecule has 1 amide bonds. The molecule has 0 bridgehead atoms. The fraction of sp³-hybridized carbons (Fsp3) is 0.125. The Hall–Kier alpha value is -3.93. The van der Waals surface area contributed by atoms with E-state index in [9.17, 15) is 14.4 Å². The summed E-state index contributed by atoms with van der Waals surface area (Å²) in [5.74, 6) is -0.0702. The molecular weight excluding hydrogens is 378 g/mol. The summed E-state index contributed by atoms with van der Waals surface area (Å²) >= 11 is 0. The Balaban J connectivity index is 1.47. The summed E-state index contributed by atoms with van der Waals surface area (Å²) in [6, 6.07) is 22.9. The first kappa shape index (κ1) is 18.1. The summed E-state index contributed by atoms with van der Waals surface area (Å²) in [5, 5.41) is 0.432. The van der Waals surface area contributed by atoms with Gasteiger partial charge in [0.25, 0.3) is 5.56 Å². The lowest BCUT2D eigenvalue weighted by Crippen LogP contribution is -2.36. The Morgan fingerprint density at radius 3 is 2.43 bits per heavy atom. The third-order valence-electron chi connectivity index (χ3n) is 5.59. The number of aromatic nitrogens is 2. The minimum absolute atomic E-state index is 0.0702. The SMILES string of the molecule is O=C(CCn1c(=O)[nH]c(=O)c2ccccc21)N1Cc2ccccc2-c2ccccc21. The van der Waals surface area contributed by atoms with Crippen molar-refractivity contribution in [3.8, 4) is 11.1 Å². The number of nitrogens with one attached hydrogen (secondary N) is 1. The minimum Gasteiger partial charge on any atom is -0.307 e. The summed E-state index contributed by atoms with van der Waals surface area (Å²) < 4.78 is 1.46. The van der Waals surface area contributed by atoms with Gasteiger partial charge in [-0.2, -0.15) is 0 Å². The number of benzene rings is 3. The Morgan fingerprint density at radius 1 is 0.867 bits per heavy atom. The van der Waals surface area contributed by atoms with E-state index in [1.54, 1.807) is 29.2 Å². The van der Waals surface area contributed by atoms with Crippen LogP contribution in [0.1, 0.15) is 12.0 Å². The van der Waals surface area contributed by atoms with Crippen LogP contribution in [0.2, 0.25) is 0 Å². The number of anilines is 1. The van der Waals surface area contributed by atoms with Gasteiger partial charge in [-0.3, -0.25) is 19.1 Å². The van der Waals surface area contributed by atoms with Crippen LogP contribution in [0.3, 0.4) is 0 Å². The highest BCUT2D eigenvalue weighted by Gasteiger charge is 2.25. The molecular formula is C24H19N3O3. The number of hydrogen-bond acceptors (Lipinski definition) is 3. The van der Waals surface area contributed by atoms with Crippen molar-refractivity contribution in [2.45, 2.75) is 19.5 Å². The van der Waals surface area contributed by atoms with Crippen molar-refractivity contribution < 1.29 is 4.79 Å². The van der Waals surface area contributed by atoms with Gasteiger partial charge in [-0.05, 0) is 29.3 Å². The van der Waals surface area contributed by atoms with Crippen molar-refractivity contribution in [3.05, 3.63) is 99.2 Å². The first-order valence-electron chi connectivity index (χ1n) is 9.83. The summed E-state index contributed by atoms with van der Waals surface area (Å²) in [5.41, 5.74) is 3.74. The van der Waals surface area contributed by atoms with Crippen molar-refractivity contribution >= 4 is 22.5 Å². The highest BCUT2D eigenvalue weighted by molar-refractivity contribution is 6.00. The quantitative estimate of drug-likeness (QED) is 0.576. The van der Waals surface area contributed by atoms with E-state index in [2.05, 4.69) is 11.1 Å². The topological polar surface area (TPSA) is 75.2 Å². The molecule has 0 saturated heterocycles. The van der Waals surface area contributed by atoms with E-state index in [0.717, 1.165) is 22.4 Å². The second-order valence-corrected chi connectivity index (χ2v) is 7.33. The maximum Gasteiger partial charge on any atom is 0.328 e. The van der Waals surface area contributed by atoms with Crippen molar-refractivity contribution in [3.63, 3.8) is 0 Å². The zero-order valence-electron chi connectivity index (χ0n) is 16.2. The molecule has 5 rings (SSSR count). The molecule has 4 aromatic rings. The molecule has 2 heterocycles. The molecule has 1 aliphatic rings. The van der Waals surface area contributed by atoms with E-state index >= 15 is 0 Å². The highest BCUT2D eigenvalue weighted by Crippen LogP contribution is 2.39. The van der Waals surface area contributed by atoms with Gasteiger partial charge in [0.2, 0.25) is 5.91 Å². The van der Waals surface area contributed by atoms with Crippen LogP contribution in [0.4, 0.5) is 5.69 Å². The molecule has 148 valence electrons. The maximum atomic E-state index is 13.2. The van der Waals surface area contributed by atoms with Crippen molar-refractivity contribution in [1.82, 2.24) is 9.55 Å². The smallest absolute Gasteiger partial charge is 0.307 e. The van der Waals surface area contributed by atoms with E-state index in [1.807, 2.05) is 42.5 Å². The number of amides is 1. The van der Waals surface area contributed by atoms with Crippen LogP contribution in [0.25, 0.3) is 22.0 Å². The van der Waals surface area contributed by atoms with Gasteiger partial charge in [0.1, 0.15) is 0 Å². The molecule has 0 spiro atoms. The second kappa shape index (κ2) is 7.15. The average Bonchev–Trinajstić information content (AvgIpc) is 2.78. The molecule has 0 radical (unpaired) electrons. The summed E-state index contributed by atoms with van der Waals surface area (Å²) in [6.07, 6.45) is 0.145. The minimum atomic E-state index is -0.504. The van der Waals surface area contributed by atoms with E-state index < -0.39 is 11.2 Å². The van der Waals surface area contributed by atoms with Gasteiger partial charge < -0.3 is 4.90 Å². The normalized spacial score (nSPS) is 12.5. The largest absolute Gasteiger partial charge is 0.328 e. The molecule has 3 aromatic carbocycles. The molecule has 0 aliphatic carbocycles. The first-order chi connectivity index (χ1) is 14.6. The maximum absolute atomic E-state index is 13.2. The van der Waals surface area contributed by atoms with Crippen molar-refractivity contribution in [1.29, 1.82) is 0 Å². The number of aromatic amines is 1. The average molecular weight is 397 g/mol. The van der Waals surface area contributed by atoms with Crippen LogP contribution in [-0.4, -0.2) is 15.5 Å². The van der Waals surface area contributed by atoms with Crippen LogP contribution in [0, 0.1) is 0 Å². The number of rotatable bonds is 3. The number of H-pyrrole nitrogens is 1. The molecule has 0 atom stereocenters. The molecule has 1 N–H and O–H groups in total. The molecule has 0 saturated carbocycles. The predicted octanol–water partition coefficient (Wildman–Crippen LogP) is 3.29. The van der Waals surface area contributed by atoms with Crippen molar-refractivity contribution in [2.24, 2.45) is 0 Å². The number of carbonyl (C=O) groups excluding carboxylic acids is 1. The van der Waals surface area contributed by atoms with E-state index in [1.165, 1.54) is 4.57 Å². The highest BCUT2D eigenvalue weighted by atomic mass is 16.2. The Morgan fingerprint density at radius 2 is 1.57 bits per heavy atom. The second-order valence-electron chi connectivity index (χ2n) is 7.33. The standard InChI is InChI=1S/C24H19N3O3/c28-22(13-14-26-21-12-6-4-10-19(21)23(29)25-24(26)30)27-15-16-7-1-2-8-17(16)18-9-3-5-11-20(18)27/h1-12H,13-15H2,(H,25,29,30). The third-order valence-corrected chi connectivity index (χ3v) is 5.59. The molecule has 0 fully saturated rings. The lowest BCUT2D eigenvalue weighted by Gasteiger charge is -2.31. The van der Waals surface area contributed by atoms with E-state index in [0.29, 0.717) is 17.4 Å². The molecule has 1 aromatic heterocycles. The molecule has 1 aliphatic heterocycles. The van der Waals surface area contributed by atoms with Gasteiger partial charge >= 0.3 is 5.69 Å². The van der Waals surface area contributed by atoms with Gasteiger partial charge in [0, 0.05) is 18.5 Å². The van der Waals surface area contributed by atoms with Gasteiger partial charge in [-0.25, -0.2) is 4.79 Å². The summed E-state index contributed by atoms with van der Waals surface area (Å²) in [6.45, 7) is 0.683. The number of aryl methyl sites for hydroxylation is 1. The fourth-order valence-corrected chi connectivity index (χ4v) is 4.14. The number of para-hydroxylation sites is 2. The lowest BCUT2D eigenvalue weighted by atomic mass is 9.93. The molecule has 6 heteroatoms. The van der Waals surface area contributed by atoms with Crippen LogP contribution < -0.4 is 16.1 Å². The zero-order valence-corrected chi connectivity index (χ0v) is 16.2. The molecule has 0 unspecified atom stereocenters. The van der Waals surface area contributed by atoms with Gasteiger partial charge in [-0.15, -0.1) is 0 Å². The first-order valence-corrected chi connectivity index (χ1v) is 9.83. The lowest BCUT2D eigenvalue weighted by molar-refractivity contribution is -0.119. The summed E-state index contributed by atoms with van der Waals surface area (Å²) in [7, 11) is 0. The van der Waals surface area contributed by atoms with Crippen LogP contribution in [0.5, 0.6) is 0 Å². The van der Waals surface area contributed by atoms with E-state index in [4.69, 9.17) is 0 Å². The molecule has 30 heavy (non-hydrogen) atoms. The number of carbonyl (C=O) groups is 1. The fourth-order valence-electron chi connectivity index (χ4n) is 4.14. The van der Waals surface area contributed by atoms with Gasteiger partial charge in [0.15, 0.2) is 0 Å². The Labute approximate surface area is 172 Å². The van der Waals surface area contributed by atoms with Gasteiger partial charge in [0.05, 0.1) is 23.1 Å². The third kappa shape index (κ3) is 2.93. The van der Waals surface area contributed by atoms with Crippen molar-refractivity contribution in [2.75, 3.05) is 4.90 Å². The Kier molecular flexibility index (Phi) is 4.32. The van der Waals surface area contributed by atoms with Crippen LogP contribution in [-0.2, 0) is 17.9 Å². The number of nitrogens with zero attached hydrogens (tertiary/aromatic N) is 2. The Bertz CT molecular complexity index is 1400. The predicted molar refractivity (Wildman–Crippen MR) is 117 cm³/mol. The van der Waals surface area contributed by atoms with E-state index in [-0.39, 0.29) is 18.9 Å². The van der Waals surface area contributed by atoms with Crippen LogP contribution in [0.15, 0.2) is 82.4 Å².